The summed E-state index contributed by atoms with van der Waals surface area (Å²) < 4.78 is 5.36. The summed E-state index contributed by atoms with van der Waals surface area (Å²) in [6.45, 7) is 12.0. The molecule has 0 radical (unpaired) electrons. The molecule has 0 aromatic carbocycles. The van der Waals surface area contributed by atoms with Gasteiger partial charge in [0.25, 0.3) is 0 Å². The molecule has 1 fully saturated rings. The maximum Gasteiger partial charge on any atom is 0.248 e. The second-order valence-electron chi connectivity index (χ2n) is 8.00. The Morgan fingerprint density at radius 1 is 1.22 bits per heavy atom. The van der Waals surface area contributed by atoms with Crippen molar-refractivity contribution in [1.29, 1.82) is 0 Å². The lowest BCUT2D eigenvalue weighted by Gasteiger charge is -2.32. The van der Waals surface area contributed by atoms with E-state index in [1.165, 1.54) is 0 Å². The van der Waals surface area contributed by atoms with Crippen LogP contribution < -0.4 is 5.32 Å². The zero-order valence-corrected chi connectivity index (χ0v) is 15.5. The minimum atomic E-state index is 0.0497. The molecule has 1 heterocycles. The lowest BCUT2D eigenvalue weighted by atomic mass is 9.90. The van der Waals surface area contributed by atoms with Crippen molar-refractivity contribution in [3.05, 3.63) is 0 Å². The SMILES string of the molecule is CC(C)OCC(=O)N1CCC(NC(=O)CCCC(C)(C)C)CC1. The van der Waals surface area contributed by atoms with Gasteiger partial charge in [-0.1, -0.05) is 20.8 Å². The van der Waals surface area contributed by atoms with Crippen molar-refractivity contribution in [2.75, 3.05) is 19.7 Å². The van der Waals surface area contributed by atoms with Gasteiger partial charge in [-0.2, -0.15) is 0 Å². The Morgan fingerprint density at radius 2 is 1.83 bits per heavy atom. The van der Waals surface area contributed by atoms with Gasteiger partial charge in [-0.25, -0.2) is 0 Å². The highest BCUT2D eigenvalue weighted by atomic mass is 16.5. The predicted molar refractivity (Wildman–Crippen MR) is 92.1 cm³/mol. The van der Waals surface area contributed by atoms with E-state index in [9.17, 15) is 9.59 Å². The number of ether oxygens (including phenoxy) is 1. The van der Waals surface area contributed by atoms with Crippen LogP contribution >= 0.6 is 0 Å². The van der Waals surface area contributed by atoms with Gasteiger partial charge in [0, 0.05) is 25.6 Å². The summed E-state index contributed by atoms with van der Waals surface area (Å²) in [6, 6.07) is 0.201. The second-order valence-corrected chi connectivity index (χ2v) is 8.00. The minimum absolute atomic E-state index is 0.0497. The number of hydrogen-bond donors (Lipinski definition) is 1. The largest absolute Gasteiger partial charge is 0.369 e. The van der Waals surface area contributed by atoms with Gasteiger partial charge in [-0.15, -0.1) is 0 Å². The van der Waals surface area contributed by atoms with Crippen LogP contribution in [0.5, 0.6) is 0 Å². The zero-order chi connectivity index (χ0) is 17.5. The number of rotatable bonds is 7. The van der Waals surface area contributed by atoms with E-state index in [4.69, 9.17) is 4.74 Å². The third-order valence-electron chi connectivity index (χ3n) is 4.08. The highest BCUT2D eigenvalue weighted by molar-refractivity contribution is 5.78. The maximum absolute atomic E-state index is 12.0. The lowest BCUT2D eigenvalue weighted by Crippen LogP contribution is -2.47. The molecule has 1 aliphatic heterocycles. The quantitative estimate of drug-likeness (QED) is 0.782. The summed E-state index contributed by atoms with van der Waals surface area (Å²) in [7, 11) is 0. The first-order valence-electron chi connectivity index (χ1n) is 8.86. The fraction of sp³-hybridized carbons (Fsp3) is 0.889. The maximum atomic E-state index is 12.0. The van der Waals surface area contributed by atoms with Gasteiger partial charge < -0.3 is 15.0 Å². The summed E-state index contributed by atoms with van der Waals surface area (Å²) in [5.74, 6) is 0.191. The molecule has 0 aromatic heterocycles. The van der Waals surface area contributed by atoms with Gasteiger partial charge in [0.15, 0.2) is 0 Å². The van der Waals surface area contributed by atoms with Gasteiger partial charge in [0.2, 0.25) is 11.8 Å². The Labute approximate surface area is 141 Å². The van der Waals surface area contributed by atoms with Crippen LogP contribution in [-0.2, 0) is 14.3 Å². The first-order valence-corrected chi connectivity index (χ1v) is 8.86. The van der Waals surface area contributed by atoms with Gasteiger partial charge in [0.1, 0.15) is 6.61 Å². The molecule has 0 aliphatic carbocycles. The molecule has 1 saturated heterocycles. The number of carbonyl (C=O) groups is 2. The molecule has 134 valence electrons. The van der Waals surface area contributed by atoms with E-state index >= 15 is 0 Å². The van der Waals surface area contributed by atoms with Gasteiger partial charge >= 0.3 is 0 Å². The van der Waals surface area contributed by atoms with Crippen LogP contribution in [0.3, 0.4) is 0 Å². The molecule has 2 amide bonds. The summed E-state index contributed by atoms with van der Waals surface area (Å²) in [5.41, 5.74) is 0.282. The predicted octanol–water partition coefficient (Wildman–Crippen LogP) is 2.74. The van der Waals surface area contributed by atoms with Crippen molar-refractivity contribution in [1.82, 2.24) is 10.2 Å². The molecular formula is C18H34N2O3. The Balaban J connectivity index is 2.20. The van der Waals surface area contributed by atoms with Crippen LogP contribution in [0.1, 0.15) is 66.7 Å². The minimum Gasteiger partial charge on any atom is -0.369 e. The van der Waals surface area contributed by atoms with Crippen LogP contribution in [0.25, 0.3) is 0 Å². The van der Waals surface area contributed by atoms with E-state index in [0.717, 1.165) is 25.7 Å². The number of nitrogens with one attached hydrogen (secondary N) is 1. The number of likely N-dealkylation sites (tertiary alicyclic amines) is 1. The number of piperidine rings is 1. The molecule has 1 aliphatic rings. The molecule has 0 unspecified atom stereocenters. The van der Waals surface area contributed by atoms with Crippen molar-refractivity contribution in [2.45, 2.75) is 78.9 Å². The number of hydrogen-bond acceptors (Lipinski definition) is 3. The molecule has 5 heteroatoms. The second kappa shape index (κ2) is 9.26. The van der Waals surface area contributed by atoms with E-state index in [2.05, 4.69) is 26.1 Å². The smallest absolute Gasteiger partial charge is 0.248 e. The highest BCUT2D eigenvalue weighted by Gasteiger charge is 2.24. The average Bonchev–Trinajstić information content (AvgIpc) is 2.44. The molecular weight excluding hydrogens is 292 g/mol. The van der Waals surface area contributed by atoms with E-state index in [-0.39, 0.29) is 36.0 Å². The van der Waals surface area contributed by atoms with Crippen LogP contribution in [-0.4, -0.2) is 48.6 Å². The standard InChI is InChI=1S/C18H34N2O3/c1-14(2)23-13-17(22)20-11-8-15(9-12-20)19-16(21)7-6-10-18(3,4)5/h14-15H,6-13H2,1-5H3,(H,19,21). The summed E-state index contributed by atoms with van der Waals surface area (Å²) in [6.07, 6.45) is 4.32. The molecule has 1 rings (SSSR count). The van der Waals surface area contributed by atoms with E-state index in [1.807, 2.05) is 18.7 Å². The number of carbonyl (C=O) groups excluding carboxylic acids is 2. The van der Waals surface area contributed by atoms with Gasteiger partial charge in [0.05, 0.1) is 6.10 Å². The highest BCUT2D eigenvalue weighted by Crippen LogP contribution is 2.21. The number of nitrogens with zero attached hydrogens (tertiary/aromatic N) is 1. The van der Waals surface area contributed by atoms with Crippen LogP contribution in [0.15, 0.2) is 0 Å². The third-order valence-corrected chi connectivity index (χ3v) is 4.08. The monoisotopic (exact) mass is 326 g/mol. The van der Waals surface area contributed by atoms with E-state index in [0.29, 0.717) is 19.5 Å². The van der Waals surface area contributed by atoms with Gasteiger partial charge in [-0.05, 0) is 44.9 Å². The summed E-state index contributed by atoms with van der Waals surface area (Å²) >= 11 is 0. The third kappa shape index (κ3) is 8.94. The van der Waals surface area contributed by atoms with Crippen LogP contribution in [0.4, 0.5) is 0 Å². The molecule has 23 heavy (non-hydrogen) atoms. The molecule has 0 bridgehead atoms. The molecule has 0 atom stereocenters. The molecule has 0 saturated carbocycles. The first-order chi connectivity index (χ1) is 10.7. The zero-order valence-electron chi connectivity index (χ0n) is 15.5. The summed E-state index contributed by atoms with van der Waals surface area (Å²) in [4.78, 5) is 25.8. The van der Waals surface area contributed by atoms with Crippen molar-refractivity contribution >= 4 is 11.8 Å². The fourth-order valence-electron chi connectivity index (χ4n) is 2.68. The van der Waals surface area contributed by atoms with E-state index < -0.39 is 0 Å². The van der Waals surface area contributed by atoms with Crippen LogP contribution in [0, 0.1) is 5.41 Å². The van der Waals surface area contributed by atoms with Crippen molar-refractivity contribution in [3.8, 4) is 0 Å². The topological polar surface area (TPSA) is 58.6 Å². The normalized spacial score (nSPS) is 16.7. The van der Waals surface area contributed by atoms with Crippen LogP contribution in [0.2, 0.25) is 0 Å². The van der Waals surface area contributed by atoms with Crippen molar-refractivity contribution in [2.24, 2.45) is 5.41 Å². The number of amides is 2. The Morgan fingerprint density at radius 3 is 2.35 bits per heavy atom. The van der Waals surface area contributed by atoms with Crippen molar-refractivity contribution < 1.29 is 14.3 Å². The Kier molecular flexibility index (Phi) is 8.03. The Bertz CT molecular complexity index is 380. The molecule has 0 spiro atoms. The molecule has 0 aromatic rings. The molecule has 5 nitrogen and oxygen atoms in total. The lowest BCUT2D eigenvalue weighted by molar-refractivity contribution is -0.138. The van der Waals surface area contributed by atoms with E-state index in [1.54, 1.807) is 0 Å². The first kappa shape index (κ1) is 19.9. The van der Waals surface area contributed by atoms with Crippen molar-refractivity contribution in [3.63, 3.8) is 0 Å². The van der Waals surface area contributed by atoms with Gasteiger partial charge in [-0.3, -0.25) is 9.59 Å². The summed E-state index contributed by atoms with van der Waals surface area (Å²) in [5, 5.41) is 3.11. The Hall–Kier alpha value is -1.10. The fourth-order valence-corrected chi connectivity index (χ4v) is 2.68. The average molecular weight is 326 g/mol. The molecule has 1 N–H and O–H groups in total.